The number of imide groups is 1. The second-order valence-electron chi connectivity index (χ2n) is 3.54. The molecule has 96 valence electrons. The number of hydrogen-bond acceptors (Lipinski definition) is 3. The zero-order valence-electron chi connectivity index (χ0n) is 8.75. The number of urea groups is 1. The Morgan fingerprint density at radius 3 is 2.56 bits per heavy atom. The molecule has 2 rings (SSSR count). The highest BCUT2D eigenvalue weighted by molar-refractivity contribution is 5.98. The van der Waals surface area contributed by atoms with E-state index >= 15 is 0 Å². The maximum atomic E-state index is 12.5. The summed E-state index contributed by atoms with van der Waals surface area (Å²) in [6.07, 6.45) is -5.81. The highest BCUT2D eigenvalue weighted by atomic mass is 19.4. The van der Waals surface area contributed by atoms with Gasteiger partial charge in [0.05, 0.1) is 5.56 Å². The van der Waals surface area contributed by atoms with Crippen molar-refractivity contribution in [3.8, 4) is 0 Å². The molecule has 18 heavy (non-hydrogen) atoms. The van der Waals surface area contributed by atoms with Crippen LogP contribution >= 0.6 is 0 Å². The molecule has 0 aliphatic carbocycles. The second-order valence-corrected chi connectivity index (χ2v) is 3.54. The Labute approximate surface area is 98.9 Å². The van der Waals surface area contributed by atoms with Crippen LogP contribution in [0.3, 0.4) is 0 Å². The zero-order chi connectivity index (χ0) is 13.3. The monoisotopic (exact) mass is 260 g/mol. The minimum absolute atomic E-state index is 0.00215. The number of nitrogens with one attached hydrogen (secondary N) is 2. The molecule has 1 fully saturated rings. The van der Waals surface area contributed by atoms with Gasteiger partial charge in [-0.05, 0) is 17.7 Å². The Kier molecular flexibility index (Phi) is 2.95. The van der Waals surface area contributed by atoms with Crippen LogP contribution < -0.4 is 10.8 Å². The van der Waals surface area contributed by atoms with Gasteiger partial charge in [0.1, 0.15) is 0 Å². The molecule has 0 bridgehead atoms. The molecular weight excluding hydrogens is 253 g/mol. The molecule has 0 radical (unpaired) electrons. The average molecular weight is 260 g/mol. The van der Waals surface area contributed by atoms with E-state index in [0.717, 1.165) is 18.2 Å². The van der Waals surface area contributed by atoms with Crippen molar-refractivity contribution in [2.75, 3.05) is 0 Å². The summed E-state index contributed by atoms with van der Waals surface area (Å²) < 4.78 is 37.4. The summed E-state index contributed by atoms with van der Waals surface area (Å²) in [5, 5.41) is 1.89. The van der Waals surface area contributed by atoms with E-state index in [2.05, 4.69) is 4.84 Å². The fourth-order valence-electron chi connectivity index (χ4n) is 1.47. The highest BCUT2D eigenvalue weighted by Gasteiger charge is 2.34. The van der Waals surface area contributed by atoms with Crippen LogP contribution in [0, 0.1) is 0 Å². The number of carbonyl (C=O) groups is 2. The standard InChI is InChI=1S/C10H7F3N2O3/c11-10(12,13)6-3-1-2-5(4-6)7-8(16)14-9(17)15-18-7/h1-4,7H,(H2,14,15,16,17). The molecule has 0 aromatic heterocycles. The first-order chi connectivity index (χ1) is 8.38. The van der Waals surface area contributed by atoms with Gasteiger partial charge in [0.25, 0.3) is 5.91 Å². The summed E-state index contributed by atoms with van der Waals surface area (Å²) in [4.78, 5) is 26.8. The van der Waals surface area contributed by atoms with E-state index < -0.39 is 29.8 Å². The lowest BCUT2D eigenvalue weighted by Gasteiger charge is -2.22. The van der Waals surface area contributed by atoms with Gasteiger partial charge in [-0.25, -0.2) is 10.3 Å². The summed E-state index contributed by atoms with van der Waals surface area (Å²) in [6, 6.07) is 3.27. The third kappa shape index (κ3) is 2.43. The lowest BCUT2D eigenvalue weighted by atomic mass is 10.0. The van der Waals surface area contributed by atoms with Gasteiger partial charge in [0.15, 0.2) is 6.10 Å². The molecule has 2 N–H and O–H groups in total. The van der Waals surface area contributed by atoms with Gasteiger partial charge in [-0.3, -0.25) is 14.9 Å². The van der Waals surface area contributed by atoms with Crippen LogP contribution in [0.25, 0.3) is 0 Å². The van der Waals surface area contributed by atoms with Crippen molar-refractivity contribution in [2.24, 2.45) is 0 Å². The Morgan fingerprint density at radius 2 is 1.94 bits per heavy atom. The molecule has 1 aromatic carbocycles. The largest absolute Gasteiger partial charge is 0.416 e. The van der Waals surface area contributed by atoms with Crippen molar-refractivity contribution in [1.29, 1.82) is 0 Å². The quantitative estimate of drug-likeness (QED) is 0.804. The maximum absolute atomic E-state index is 12.5. The highest BCUT2D eigenvalue weighted by Crippen LogP contribution is 2.31. The van der Waals surface area contributed by atoms with Gasteiger partial charge in [-0.2, -0.15) is 13.2 Å². The third-order valence-electron chi connectivity index (χ3n) is 2.26. The van der Waals surface area contributed by atoms with Gasteiger partial charge < -0.3 is 0 Å². The van der Waals surface area contributed by atoms with Crippen molar-refractivity contribution < 1.29 is 27.6 Å². The van der Waals surface area contributed by atoms with Crippen molar-refractivity contribution in [2.45, 2.75) is 12.3 Å². The number of halogens is 3. The van der Waals surface area contributed by atoms with Crippen LogP contribution in [0.15, 0.2) is 24.3 Å². The molecule has 1 atom stereocenters. The normalized spacial score (nSPS) is 20.3. The molecule has 3 amide bonds. The molecule has 1 heterocycles. The van der Waals surface area contributed by atoms with Gasteiger partial charge >= 0.3 is 12.2 Å². The Hall–Kier alpha value is -2.09. The number of amides is 3. The van der Waals surface area contributed by atoms with Crippen LogP contribution in [-0.4, -0.2) is 11.9 Å². The van der Waals surface area contributed by atoms with E-state index in [-0.39, 0.29) is 5.56 Å². The molecule has 8 heteroatoms. The summed E-state index contributed by atoms with van der Waals surface area (Å²) in [5.74, 6) is -0.821. The fraction of sp³-hybridized carbons (Fsp3) is 0.200. The minimum Gasteiger partial charge on any atom is -0.274 e. The van der Waals surface area contributed by atoms with Crippen LogP contribution in [0.4, 0.5) is 18.0 Å². The lowest BCUT2D eigenvalue weighted by molar-refractivity contribution is -0.142. The smallest absolute Gasteiger partial charge is 0.274 e. The number of benzene rings is 1. The van der Waals surface area contributed by atoms with E-state index in [4.69, 9.17) is 0 Å². The van der Waals surface area contributed by atoms with Crippen molar-refractivity contribution >= 4 is 11.9 Å². The predicted molar refractivity (Wildman–Crippen MR) is 51.9 cm³/mol. The first-order valence-corrected chi connectivity index (χ1v) is 4.81. The lowest BCUT2D eigenvalue weighted by Crippen LogP contribution is -2.49. The third-order valence-corrected chi connectivity index (χ3v) is 2.26. The average Bonchev–Trinajstić information content (AvgIpc) is 2.28. The number of alkyl halides is 3. The van der Waals surface area contributed by atoms with Crippen LogP contribution in [-0.2, 0) is 15.8 Å². The molecule has 1 saturated heterocycles. The Bertz CT molecular complexity index is 501. The molecule has 1 aliphatic rings. The van der Waals surface area contributed by atoms with Crippen LogP contribution in [0.5, 0.6) is 0 Å². The van der Waals surface area contributed by atoms with Crippen molar-refractivity contribution in [3.05, 3.63) is 35.4 Å². The minimum atomic E-state index is -4.51. The van der Waals surface area contributed by atoms with E-state index in [0.29, 0.717) is 0 Å². The second kappa shape index (κ2) is 4.30. The summed E-state index contributed by atoms with van der Waals surface area (Å²) in [7, 11) is 0. The fourth-order valence-corrected chi connectivity index (χ4v) is 1.47. The van der Waals surface area contributed by atoms with Crippen molar-refractivity contribution in [1.82, 2.24) is 10.8 Å². The first kappa shape index (κ1) is 12.4. The zero-order valence-corrected chi connectivity index (χ0v) is 8.75. The molecular formula is C10H7F3N2O3. The number of rotatable bonds is 1. The van der Waals surface area contributed by atoms with Gasteiger partial charge in [-0.15, -0.1) is 0 Å². The summed E-state index contributed by atoms with van der Waals surface area (Å²) in [5.41, 5.74) is 0.974. The SMILES string of the molecule is O=C1NOC(c2cccc(C(F)(F)F)c2)C(=O)N1. The van der Waals surface area contributed by atoms with E-state index in [9.17, 15) is 22.8 Å². The Balaban J connectivity index is 2.29. The van der Waals surface area contributed by atoms with E-state index in [1.807, 2.05) is 10.8 Å². The molecule has 5 nitrogen and oxygen atoms in total. The molecule has 1 aromatic rings. The molecule has 0 saturated carbocycles. The van der Waals surface area contributed by atoms with Crippen LogP contribution in [0.2, 0.25) is 0 Å². The maximum Gasteiger partial charge on any atom is 0.416 e. The van der Waals surface area contributed by atoms with Gasteiger partial charge in [0, 0.05) is 0 Å². The van der Waals surface area contributed by atoms with Crippen LogP contribution in [0.1, 0.15) is 17.2 Å². The van der Waals surface area contributed by atoms with Gasteiger partial charge in [0.2, 0.25) is 0 Å². The topological polar surface area (TPSA) is 67.4 Å². The summed E-state index contributed by atoms with van der Waals surface area (Å²) in [6.45, 7) is 0. The van der Waals surface area contributed by atoms with E-state index in [1.54, 1.807) is 0 Å². The first-order valence-electron chi connectivity index (χ1n) is 4.81. The van der Waals surface area contributed by atoms with Crippen molar-refractivity contribution in [3.63, 3.8) is 0 Å². The summed E-state index contributed by atoms with van der Waals surface area (Å²) >= 11 is 0. The predicted octanol–water partition coefficient (Wildman–Crippen LogP) is 1.52. The molecule has 1 aliphatic heterocycles. The number of hydroxylamine groups is 1. The Morgan fingerprint density at radius 1 is 1.22 bits per heavy atom. The molecule has 0 spiro atoms. The molecule has 1 unspecified atom stereocenters. The number of hydrogen-bond donors (Lipinski definition) is 2. The van der Waals surface area contributed by atoms with Gasteiger partial charge in [-0.1, -0.05) is 12.1 Å². The van der Waals surface area contributed by atoms with E-state index in [1.165, 1.54) is 6.07 Å². The number of carbonyl (C=O) groups excluding carboxylic acids is 2.